The van der Waals surface area contributed by atoms with Gasteiger partial charge in [-0.15, -0.1) is 0 Å². The molecule has 0 fully saturated rings. The van der Waals surface area contributed by atoms with Gasteiger partial charge in [0, 0.05) is 19.3 Å². The highest BCUT2D eigenvalue weighted by molar-refractivity contribution is 5.75. The van der Waals surface area contributed by atoms with Crippen LogP contribution in [0.3, 0.4) is 0 Å². The summed E-state index contributed by atoms with van der Waals surface area (Å²) in [6.45, 7) is 0. The van der Waals surface area contributed by atoms with E-state index in [4.69, 9.17) is 4.74 Å². The number of fused-ring (bicyclic) bond motifs is 1. The zero-order chi connectivity index (χ0) is 12.5. The molecule has 6 heteroatoms. The molecule has 3 aromatic heterocycles. The molecule has 90 valence electrons. The van der Waals surface area contributed by atoms with Crippen LogP contribution in [0, 0.1) is 5.82 Å². The van der Waals surface area contributed by atoms with Crippen molar-refractivity contribution < 1.29 is 9.13 Å². The average molecular weight is 244 g/mol. The van der Waals surface area contributed by atoms with Gasteiger partial charge in [-0.2, -0.15) is 4.98 Å². The maximum atomic E-state index is 12.7. The number of hydrogen-bond donors (Lipinski definition) is 0. The molecule has 3 rings (SSSR count). The summed E-state index contributed by atoms with van der Waals surface area (Å²) in [5, 5.41) is 0. The van der Waals surface area contributed by atoms with Gasteiger partial charge in [0.1, 0.15) is 11.3 Å². The lowest BCUT2D eigenvalue weighted by Gasteiger charge is -2.03. The van der Waals surface area contributed by atoms with Gasteiger partial charge < -0.3 is 4.74 Å². The minimum absolute atomic E-state index is 0.294. The Balaban J connectivity index is 1.99. The Bertz CT molecular complexity index is 693. The Morgan fingerprint density at radius 2 is 2.11 bits per heavy atom. The molecule has 0 radical (unpaired) electrons. The molecular formula is C12H9FN4O. The fraction of sp³-hybridized carbons (Fsp3) is 0.0833. The van der Waals surface area contributed by atoms with Crippen molar-refractivity contribution in [1.29, 1.82) is 0 Å². The van der Waals surface area contributed by atoms with Crippen LogP contribution in [-0.4, -0.2) is 19.5 Å². The van der Waals surface area contributed by atoms with E-state index in [2.05, 4.69) is 15.0 Å². The molecule has 18 heavy (non-hydrogen) atoms. The van der Waals surface area contributed by atoms with Gasteiger partial charge in [0.05, 0.1) is 17.9 Å². The van der Waals surface area contributed by atoms with E-state index in [9.17, 15) is 4.39 Å². The molecule has 0 aliphatic rings. The van der Waals surface area contributed by atoms with Gasteiger partial charge in [0.2, 0.25) is 5.88 Å². The summed E-state index contributed by atoms with van der Waals surface area (Å²) >= 11 is 0. The Morgan fingerprint density at radius 3 is 2.83 bits per heavy atom. The van der Waals surface area contributed by atoms with Gasteiger partial charge in [-0.25, -0.2) is 9.37 Å². The summed E-state index contributed by atoms with van der Waals surface area (Å²) in [5.74, 6) is -0.112. The second kappa shape index (κ2) is 4.06. The fourth-order valence-electron chi connectivity index (χ4n) is 1.64. The molecule has 0 spiro atoms. The van der Waals surface area contributed by atoms with E-state index in [0.717, 1.165) is 17.2 Å². The summed E-state index contributed by atoms with van der Waals surface area (Å²) < 4.78 is 20.0. The van der Waals surface area contributed by atoms with E-state index in [0.29, 0.717) is 11.9 Å². The minimum Gasteiger partial charge on any atom is -0.406 e. The van der Waals surface area contributed by atoms with Crippen molar-refractivity contribution in [2.75, 3.05) is 0 Å². The Kier molecular flexibility index (Phi) is 2.40. The molecule has 0 amide bonds. The van der Waals surface area contributed by atoms with Crippen molar-refractivity contribution >= 4 is 11.0 Å². The highest BCUT2D eigenvalue weighted by atomic mass is 19.1. The molecule has 0 bridgehead atoms. The van der Waals surface area contributed by atoms with Crippen LogP contribution in [0.15, 0.2) is 36.8 Å². The van der Waals surface area contributed by atoms with Crippen molar-refractivity contribution in [2.24, 2.45) is 7.05 Å². The third-order valence-electron chi connectivity index (χ3n) is 2.54. The zero-order valence-corrected chi connectivity index (χ0v) is 9.54. The monoisotopic (exact) mass is 244 g/mol. The highest BCUT2D eigenvalue weighted by Crippen LogP contribution is 2.22. The van der Waals surface area contributed by atoms with Crippen LogP contribution in [0.2, 0.25) is 0 Å². The first-order chi connectivity index (χ1) is 8.74. The van der Waals surface area contributed by atoms with Crippen LogP contribution >= 0.6 is 0 Å². The second-order valence-electron chi connectivity index (χ2n) is 3.73. The molecule has 0 unspecified atom stereocenters. The van der Waals surface area contributed by atoms with Gasteiger partial charge in [0.25, 0.3) is 0 Å². The quantitative estimate of drug-likeness (QED) is 0.694. The number of hydrogen-bond acceptors (Lipinski definition) is 4. The number of imidazole rings is 1. The van der Waals surface area contributed by atoms with Crippen LogP contribution in [0.1, 0.15) is 0 Å². The molecule has 0 saturated heterocycles. The molecule has 0 aliphatic heterocycles. The summed E-state index contributed by atoms with van der Waals surface area (Å²) in [6.07, 6.45) is 4.43. The van der Waals surface area contributed by atoms with Crippen molar-refractivity contribution in [1.82, 2.24) is 19.5 Å². The number of rotatable bonds is 2. The number of halogens is 1. The largest absolute Gasteiger partial charge is 0.406 e. The van der Waals surface area contributed by atoms with Gasteiger partial charge >= 0.3 is 6.01 Å². The molecule has 3 heterocycles. The van der Waals surface area contributed by atoms with E-state index >= 15 is 0 Å². The van der Waals surface area contributed by atoms with Crippen LogP contribution in [-0.2, 0) is 7.05 Å². The number of aryl methyl sites for hydroxylation is 1. The summed E-state index contributed by atoms with van der Waals surface area (Å²) in [4.78, 5) is 12.1. The number of aromatic nitrogens is 4. The molecule has 0 aromatic carbocycles. The molecule has 0 aliphatic carbocycles. The molecule has 0 N–H and O–H groups in total. The summed E-state index contributed by atoms with van der Waals surface area (Å²) in [6, 6.07) is 4.96. The standard InChI is InChI=1S/C12H9FN4O/c1-17-10-4-5-14-7-9(10)16-12(17)18-11-3-2-8(13)6-15-11/h2-7H,1H3. The molecular weight excluding hydrogens is 235 g/mol. The van der Waals surface area contributed by atoms with E-state index < -0.39 is 5.82 Å². The number of ether oxygens (including phenoxy) is 1. The lowest BCUT2D eigenvalue weighted by atomic mass is 10.4. The number of pyridine rings is 2. The van der Waals surface area contributed by atoms with Crippen molar-refractivity contribution in [3.8, 4) is 11.9 Å². The van der Waals surface area contributed by atoms with E-state index in [1.54, 1.807) is 17.0 Å². The van der Waals surface area contributed by atoms with Gasteiger partial charge in [-0.05, 0) is 12.1 Å². The third-order valence-corrected chi connectivity index (χ3v) is 2.54. The Labute approximate surface area is 102 Å². The lowest BCUT2D eigenvalue weighted by Crippen LogP contribution is -1.95. The summed E-state index contributed by atoms with van der Waals surface area (Å²) in [5.41, 5.74) is 1.64. The van der Waals surface area contributed by atoms with Crippen molar-refractivity contribution in [3.63, 3.8) is 0 Å². The maximum absolute atomic E-state index is 12.7. The van der Waals surface area contributed by atoms with Gasteiger partial charge in [-0.3, -0.25) is 9.55 Å². The number of nitrogens with zero attached hydrogens (tertiary/aromatic N) is 4. The lowest BCUT2D eigenvalue weighted by molar-refractivity contribution is 0.410. The first kappa shape index (κ1) is 10.6. The predicted molar refractivity (Wildman–Crippen MR) is 62.8 cm³/mol. The fourth-order valence-corrected chi connectivity index (χ4v) is 1.64. The first-order valence-electron chi connectivity index (χ1n) is 5.30. The second-order valence-corrected chi connectivity index (χ2v) is 3.73. The highest BCUT2D eigenvalue weighted by Gasteiger charge is 2.09. The molecule has 0 atom stereocenters. The first-order valence-corrected chi connectivity index (χ1v) is 5.30. The van der Waals surface area contributed by atoms with Gasteiger partial charge in [-0.1, -0.05) is 0 Å². The van der Waals surface area contributed by atoms with E-state index in [1.165, 1.54) is 12.1 Å². The van der Waals surface area contributed by atoms with Crippen molar-refractivity contribution in [3.05, 3.63) is 42.6 Å². The van der Waals surface area contributed by atoms with Gasteiger partial charge in [0.15, 0.2) is 0 Å². The third kappa shape index (κ3) is 1.77. The molecule has 3 aromatic rings. The van der Waals surface area contributed by atoms with Crippen LogP contribution < -0.4 is 4.74 Å². The minimum atomic E-state index is -0.406. The normalized spacial score (nSPS) is 10.8. The Hall–Kier alpha value is -2.50. The van der Waals surface area contributed by atoms with Crippen LogP contribution in [0.25, 0.3) is 11.0 Å². The average Bonchev–Trinajstić information content (AvgIpc) is 2.70. The van der Waals surface area contributed by atoms with E-state index in [1.807, 2.05) is 13.1 Å². The van der Waals surface area contributed by atoms with Crippen LogP contribution in [0.5, 0.6) is 11.9 Å². The summed E-state index contributed by atoms with van der Waals surface area (Å²) in [7, 11) is 1.83. The maximum Gasteiger partial charge on any atom is 0.304 e. The smallest absolute Gasteiger partial charge is 0.304 e. The van der Waals surface area contributed by atoms with E-state index in [-0.39, 0.29) is 0 Å². The SMILES string of the molecule is Cn1c(Oc2ccc(F)cn2)nc2cnccc21. The molecule has 5 nitrogen and oxygen atoms in total. The Morgan fingerprint density at radius 1 is 1.22 bits per heavy atom. The predicted octanol–water partition coefficient (Wildman–Crippen LogP) is 2.29. The van der Waals surface area contributed by atoms with Crippen LogP contribution in [0.4, 0.5) is 4.39 Å². The van der Waals surface area contributed by atoms with Crippen molar-refractivity contribution in [2.45, 2.75) is 0 Å². The topological polar surface area (TPSA) is 52.8 Å². The zero-order valence-electron chi connectivity index (χ0n) is 9.54. The molecule has 0 saturated carbocycles.